The largest absolute Gasteiger partial charge is 0.310 e. The van der Waals surface area contributed by atoms with Crippen molar-refractivity contribution < 1.29 is 0 Å². The molecule has 0 amide bonds. The highest BCUT2D eigenvalue weighted by atomic mass is 79.9. The van der Waals surface area contributed by atoms with Gasteiger partial charge in [0.05, 0.1) is 10.0 Å². The molecule has 1 aromatic heterocycles. The third kappa shape index (κ3) is 4.68. The first-order chi connectivity index (χ1) is 10.1. The van der Waals surface area contributed by atoms with Crippen LogP contribution in [-0.4, -0.2) is 11.5 Å². The van der Waals surface area contributed by atoms with E-state index in [9.17, 15) is 0 Å². The maximum atomic E-state index is 6.31. The van der Waals surface area contributed by atoms with Crippen molar-refractivity contribution >= 4 is 39.1 Å². The number of benzene rings is 1. The molecule has 0 aliphatic carbocycles. The van der Waals surface area contributed by atoms with Crippen LogP contribution in [0.15, 0.2) is 41.1 Å². The van der Waals surface area contributed by atoms with E-state index in [0.717, 1.165) is 35.0 Å². The number of halogens is 3. The van der Waals surface area contributed by atoms with Gasteiger partial charge in [0.15, 0.2) is 0 Å². The number of nitrogens with zero attached hydrogens (tertiary/aromatic N) is 1. The van der Waals surface area contributed by atoms with E-state index in [2.05, 4.69) is 39.2 Å². The van der Waals surface area contributed by atoms with E-state index in [1.54, 1.807) is 6.20 Å². The zero-order chi connectivity index (χ0) is 15.2. The SMILES string of the molecule is CCCNC(Cc1cccc(Cl)c1Cl)c1cncc(Br)c1. The summed E-state index contributed by atoms with van der Waals surface area (Å²) in [5.41, 5.74) is 2.17. The molecule has 5 heteroatoms. The lowest BCUT2D eigenvalue weighted by atomic mass is 10.00. The highest BCUT2D eigenvalue weighted by Crippen LogP contribution is 2.29. The van der Waals surface area contributed by atoms with Gasteiger partial charge in [0.2, 0.25) is 0 Å². The molecule has 1 unspecified atom stereocenters. The quantitative estimate of drug-likeness (QED) is 0.714. The molecular weight excluding hydrogens is 371 g/mol. The smallest absolute Gasteiger partial charge is 0.0624 e. The molecule has 21 heavy (non-hydrogen) atoms. The summed E-state index contributed by atoms with van der Waals surface area (Å²) < 4.78 is 0.973. The average molecular weight is 388 g/mol. The minimum absolute atomic E-state index is 0.158. The van der Waals surface area contributed by atoms with Crippen molar-refractivity contribution in [3.8, 4) is 0 Å². The van der Waals surface area contributed by atoms with Crippen LogP contribution in [0.3, 0.4) is 0 Å². The zero-order valence-electron chi connectivity index (χ0n) is 11.7. The Bertz CT molecular complexity index is 605. The van der Waals surface area contributed by atoms with Crippen molar-refractivity contribution in [3.63, 3.8) is 0 Å². The minimum Gasteiger partial charge on any atom is -0.310 e. The summed E-state index contributed by atoms with van der Waals surface area (Å²) in [7, 11) is 0. The van der Waals surface area contributed by atoms with Gasteiger partial charge in [-0.1, -0.05) is 42.3 Å². The summed E-state index contributed by atoms with van der Waals surface area (Å²) in [5, 5.41) is 4.77. The average Bonchev–Trinajstić information content (AvgIpc) is 2.47. The van der Waals surface area contributed by atoms with Crippen LogP contribution in [0.1, 0.15) is 30.5 Å². The second kappa shape index (κ2) is 8.14. The first kappa shape index (κ1) is 16.8. The predicted octanol–water partition coefficient (Wildman–Crippen LogP) is 5.43. The van der Waals surface area contributed by atoms with Crippen LogP contribution in [-0.2, 0) is 6.42 Å². The van der Waals surface area contributed by atoms with Crippen molar-refractivity contribution in [2.45, 2.75) is 25.8 Å². The van der Waals surface area contributed by atoms with Gasteiger partial charge in [-0.15, -0.1) is 0 Å². The van der Waals surface area contributed by atoms with Crippen LogP contribution < -0.4 is 5.32 Å². The van der Waals surface area contributed by atoms with Crippen LogP contribution in [0, 0.1) is 0 Å². The van der Waals surface area contributed by atoms with Crippen LogP contribution in [0.2, 0.25) is 10.0 Å². The summed E-state index contributed by atoms with van der Waals surface area (Å²) >= 11 is 15.9. The number of aromatic nitrogens is 1. The van der Waals surface area contributed by atoms with Gasteiger partial charge >= 0.3 is 0 Å². The lowest BCUT2D eigenvalue weighted by Crippen LogP contribution is -2.24. The van der Waals surface area contributed by atoms with Crippen molar-refractivity contribution in [1.29, 1.82) is 0 Å². The van der Waals surface area contributed by atoms with Crippen LogP contribution in [0.5, 0.6) is 0 Å². The lowest BCUT2D eigenvalue weighted by Gasteiger charge is -2.20. The van der Waals surface area contributed by atoms with Crippen LogP contribution in [0.25, 0.3) is 0 Å². The summed E-state index contributed by atoms with van der Waals surface area (Å²) in [5.74, 6) is 0. The summed E-state index contributed by atoms with van der Waals surface area (Å²) in [6, 6.07) is 7.99. The molecule has 112 valence electrons. The molecule has 1 N–H and O–H groups in total. The fraction of sp³-hybridized carbons (Fsp3) is 0.312. The monoisotopic (exact) mass is 386 g/mol. The molecule has 0 spiro atoms. The Morgan fingerprint density at radius 3 is 2.81 bits per heavy atom. The number of nitrogens with one attached hydrogen (secondary N) is 1. The topological polar surface area (TPSA) is 24.9 Å². The van der Waals surface area contributed by atoms with Crippen molar-refractivity contribution in [1.82, 2.24) is 10.3 Å². The standard InChI is InChI=1S/C16H17BrCl2N2/c1-2-6-21-15(12-7-13(17)10-20-9-12)8-11-4-3-5-14(18)16(11)19/h3-5,7,9-10,15,21H,2,6,8H2,1H3. The van der Waals surface area contributed by atoms with Gasteiger partial charge < -0.3 is 5.32 Å². The van der Waals surface area contributed by atoms with Gasteiger partial charge in [-0.3, -0.25) is 4.98 Å². The molecule has 1 aromatic carbocycles. The van der Waals surface area contributed by atoms with E-state index < -0.39 is 0 Å². The van der Waals surface area contributed by atoms with E-state index >= 15 is 0 Å². The Morgan fingerprint density at radius 2 is 2.10 bits per heavy atom. The molecule has 2 aromatic rings. The van der Waals surface area contributed by atoms with Gasteiger partial charge in [-0.05, 0) is 58.6 Å². The van der Waals surface area contributed by atoms with E-state index in [1.807, 2.05) is 24.4 Å². The second-order valence-electron chi connectivity index (χ2n) is 4.86. The highest BCUT2D eigenvalue weighted by Gasteiger charge is 2.15. The van der Waals surface area contributed by atoms with E-state index in [-0.39, 0.29) is 6.04 Å². The fourth-order valence-corrected chi connectivity index (χ4v) is 2.95. The van der Waals surface area contributed by atoms with Crippen molar-refractivity contribution in [2.75, 3.05) is 6.54 Å². The third-order valence-corrected chi connectivity index (χ3v) is 4.52. The molecule has 0 aliphatic heterocycles. The molecule has 1 heterocycles. The van der Waals surface area contributed by atoms with Gasteiger partial charge in [0.25, 0.3) is 0 Å². The van der Waals surface area contributed by atoms with Crippen LogP contribution in [0.4, 0.5) is 0 Å². The number of pyridine rings is 1. The van der Waals surface area contributed by atoms with Crippen molar-refractivity contribution in [2.24, 2.45) is 0 Å². The molecule has 0 fully saturated rings. The van der Waals surface area contributed by atoms with E-state index in [0.29, 0.717) is 10.0 Å². The molecule has 0 bridgehead atoms. The minimum atomic E-state index is 0.158. The zero-order valence-corrected chi connectivity index (χ0v) is 14.8. The third-order valence-electron chi connectivity index (χ3n) is 3.22. The summed E-state index contributed by atoms with van der Waals surface area (Å²) in [6.45, 7) is 3.09. The first-order valence-corrected chi connectivity index (χ1v) is 8.43. The Hall–Kier alpha value is -0.610. The van der Waals surface area contributed by atoms with E-state index in [4.69, 9.17) is 23.2 Å². The molecular formula is C16H17BrCl2N2. The number of hydrogen-bond donors (Lipinski definition) is 1. The molecule has 2 rings (SSSR count). The Morgan fingerprint density at radius 1 is 1.29 bits per heavy atom. The Balaban J connectivity index is 2.26. The predicted molar refractivity (Wildman–Crippen MR) is 93.1 cm³/mol. The molecule has 2 nitrogen and oxygen atoms in total. The van der Waals surface area contributed by atoms with Gasteiger partial charge in [-0.2, -0.15) is 0 Å². The second-order valence-corrected chi connectivity index (χ2v) is 6.56. The highest BCUT2D eigenvalue weighted by molar-refractivity contribution is 9.10. The maximum Gasteiger partial charge on any atom is 0.0624 e. The maximum absolute atomic E-state index is 6.31. The molecule has 0 radical (unpaired) electrons. The molecule has 1 atom stereocenters. The molecule has 0 saturated carbocycles. The summed E-state index contributed by atoms with van der Waals surface area (Å²) in [6.07, 6.45) is 5.52. The fourth-order valence-electron chi connectivity index (χ4n) is 2.17. The van der Waals surface area contributed by atoms with Gasteiger partial charge in [-0.25, -0.2) is 0 Å². The van der Waals surface area contributed by atoms with Gasteiger partial charge in [0, 0.05) is 22.9 Å². The number of hydrogen-bond acceptors (Lipinski definition) is 2. The number of rotatable bonds is 6. The summed E-state index contributed by atoms with van der Waals surface area (Å²) in [4.78, 5) is 4.25. The Kier molecular flexibility index (Phi) is 6.49. The molecule has 0 aliphatic rings. The van der Waals surface area contributed by atoms with Crippen LogP contribution >= 0.6 is 39.1 Å². The normalized spacial score (nSPS) is 12.4. The van der Waals surface area contributed by atoms with Crippen molar-refractivity contribution in [3.05, 3.63) is 62.3 Å². The van der Waals surface area contributed by atoms with E-state index in [1.165, 1.54) is 0 Å². The lowest BCUT2D eigenvalue weighted by molar-refractivity contribution is 0.528. The first-order valence-electron chi connectivity index (χ1n) is 6.88. The molecule has 0 saturated heterocycles. The van der Waals surface area contributed by atoms with Gasteiger partial charge in [0.1, 0.15) is 0 Å². The Labute approximate surface area is 144 Å².